The van der Waals surface area contributed by atoms with Crippen molar-refractivity contribution >= 4 is 10.0 Å². The molecule has 0 amide bonds. The molecule has 0 atom stereocenters. The van der Waals surface area contributed by atoms with Gasteiger partial charge in [0.15, 0.2) is 0 Å². The Labute approximate surface area is 147 Å². The van der Waals surface area contributed by atoms with Crippen LogP contribution in [-0.2, 0) is 15.4 Å². The molecule has 1 heterocycles. The minimum Gasteiger partial charge on any atom is -0.230 e. The summed E-state index contributed by atoms with van der Waals surface area (Å²) in [5, 5.41) is 1.81. The first-order valence-corrected chi connectivity index (χ1v) is 10.3. The zero-order valence-electron chi connectivity index (χ0n) is 15.9. The third kappa shape index (κ3) is 4.80. The third-order valence-electron chi connectivity index (χ3n) is 4.59. The summed E-state index contributed by atoms with van der Waals surface area (Å²) in [6.07, 6.45) is 3.07. The van der Waals surface area contributed by atoms with Crippen LogP contribution in [0.3, 0.4) is 0 Å². The molecular formula is C19H32N2O2S. The van der Waals surface area contributed by atoms with Crippen LogP contribution in [0.2, 0.25) is 0 Å². The molecule has 1 aromatic rings. The summed E-state index contributed by atoms with van der Waals surface area (Å²) >= 11 is 0. The zero-order chi connectivity index (χ0) is 18.2. The Bertz CT molecular complexity index is 682. The summed E-state index contributed by atoms with van der Waals surface area (Å²) in [7, 11) is -3.52. The molecule has 0 aromatic heterocycles. The quantitative estimate of drug-likeness (QED) is 0.871. The fraction of sp³-hybridized carbons (Fsp3) is 0.684. The van der Waals surface area contributed by atoms with Gasteiger partial charge in [0.2, 0.25) is 0 Å². The van der Waals surface area contributed by atoms with E-state index in [1.807, 2.05) is 24.1 Å². The van der Waals surface area contributed by atoms with Crippen molar-refractivity contribution in [3.05, 3.63) is 29.3 Å². The molecular weight excluding hydrogens is 320 g/mol. The van der Waals surface area contributed by atoms with Gasteiger partial charge in [-0.1, -0.05) is 46.8 Å². The number of sulfonamides is 1. The summed E-state index contributed by atoms with van der Waals surface area (Å²) in [6, 6.07) is 5.85. The van der Waals surface area contributed by atoms with Crippen LogP contribution in [0.25, 0.3) is 0 Å². The fourth-order valence-electron chi connectivity index (χ4n) is 3.77. The predicted octanol–water partition coefficient (Wildman–Crippen LogP) is 4.00. The number of hydrogen-bond donors (Lipinski definition) is 1. The molecule has 1 saturated heterocycles. The Hall–Kier alpha value is -0.910. The van der Waals surface area contributed by atoms with Crippen molar-refractivity contribution in [3.63, 3.8) is 0 Å². The summed E-state index contributed by atoms with van der Waals surface area (Å²) in [5.74, 6) is 0. The molecule has 5 heteroatoms. The van der Waals surface area contributed by atoms with Gasteiger partial charge in [0, 0.05) is 13.1 Å². The van der Waals surface area contributed by atoms with E-state index in [1.54, 1.807) is 0 Å². The van der Waals surface area contributed by atoms with Crippen molar-refractivity contribution in [2.75, 3.05) is 13.1 Å². The molecule has 0 spiro atoms. The lowest BCUT2D eigenvalue weighted by Crippen LogP contribution is -2.40. The molecule has 1 fully saturated rings. The highest BCUT2D eigenvalue weighted by atomic mass is 32.2. The van der Waals surface area contributed by atoms with E-state index in [0.717, 1.165) is 43.5 Å². The molecule has 24 heavy (non-hydrogen) atoms. The van der Waals surface area contributed by atoms with Crippen LogP contribution >= 0.6 is 0 Å². The SMILES string of the molecule is Cc1ccc(C(C)(C)CC(C)(C)C)cc1S(=O)(=O)NN1CCCC1. The summed E-state index contributed by atoms with van der Waals surface area (Å²) < 4.78 is 25.6. The Morgan fingerprint density at radius 2 is 1.67 bits per heavy atom. The molecule has 1 N–H and O–H groups in total. The number of hydrogen-bond acceptors (Lipinski definition) is 3. The monoisotopic (exact) mass is 352 g/mol. The highest BCUT2D eigenvalue weighted by Gasteiger charge is 2.29. The van der Waals surface area contributed by atoms with E-state index in [-0.39, 0.29) is 10.8 Å². The first-order chi connectivity index (χ1) is 10.9. The second kappa shape index (κ2) is 6.77. The molecule has 0 saturated carbocycles. The molecule has 0 radical (unpaired) electrons. The molecule has 136 valence electrons. The van der Waals surface area contributed by atoms with Gasteiger partial charge in [-0.05, 0) is 54.2 Å². The zero-order valence-corrected chi connectivity index (χ0v) is 16.8. The second-order valence-corrected chi connectivity index (χ2v) is 10.5. The number of benzene rings is 1. The number of aryl methyl sites for hydroxylation is 1. The molecule has 1 aliphatic heterocycles. The van der Waals surface area contributed by atoms with Crippen molar-refractivity contribution in [2.45, 2.75) is 71.1 Å². The van der Waals surface area contributed by atoms with E-state index in [2.05, 4.69) is 45.5 Å². The number of rotatable bonds is 5. The van der Waals surface area contributed by atoms with Gasteiger partial charge in [-0.15, -0.1) is 4.83 Å². The van der Waals surface area contributed by atoms with Crippen LogP contribution in [0.5, 0.6) is 0 Å². The lowest BCUT2D eigenvalue weighted by Gasteiger charge is -2.33. The van der Waals surface area contributed by atoms with Crippen LogP contribution in [-0.4, -0.2) is 26.5 Å². The standard InChI is InChI=1S/C19H32N2O2S/c1-15-9-10-16(19(5,6)14-18(2,3)4)13-17(15)24(22,23)20-21-11-7-8-12-21/h9-10,13,20H,7-8,11-12,14H2,1-6H3. The highest BCUT2D eigenvalue weighted by molar-refractivity contribution is 7.89. The largest absolute Gasteiger partial charge is 0.253 e. The lowest BCUT2D eigenvalue weighted by atomic mass is 9.72. The lowest BCUT2D eigenvalue weighted by molar-refractivity contribution is 0.283. The van der Waals surface area contributed by atoms with Crippen molar-refractivity contribution in [3.8, 4) is 0 Å². The van der Waals surface area contributed by atoms with Crippen molar-refractivity contribution in [1.82, 2.24) is 9.84 Å². The molecule has 4 nitrogen and oxygen atoms in total. The first kappa shape index (κ1) is 19.4. The molecule has 1 aliphatic rings. The van der Waals surface area contributed by atoms with Crippen molar-refractivity contribution in [1.29, 1.82) is 0 Å². The van der Waals surface area contributed by atoms with Crippen LogP contribution < -0.4 is 4.83 Å². The number of nitrogens with one attached hydrogen (secondary N) is 1. The maximum Gasteiger partial charge on any atom is 0.253 e. The van der Waals surface area contributed by atoms with Crippen molar-refractivity contribution < 1.29 is 8.42 Å². The van der Waals surface area contributed by atoms with Gasteiger partial charge in [-0.3, -0.25) is 0 Å². The molecule has 1 aromatic carbocycles. The van der Waals surface area contributed by atoms with Gasteiger partial charge in [-0.25, -0.2) is 13.4 Å². The van der Waals surface area contributed by atoms with Gasteiger partial charge in [-0.2, -0.15) is 0 Å². The Balaban J connectivity index is 2.34. The Morgan fingerprint density at radius 1 is 1.08 bits per heavy atom. The maximum atomic E-state index is 12.8. The van der Waals surface area contributed by atoms with Crippen molar-refractivity contribution in [2.24, 2.45) is 5.41 Å². The molecule has 0 aliphatic carbocycles. The Kier molecular flexibility index (Phi) is 5.48. The summed E-state index contributed by atoms with van der Waals surface area (Å²) in [5.41, 5.74) is 1.97. The van der Waals surface area contributed by atoms with E-state index < -0.39 is 10.0 Å². The van der Waals surface area contributed by atoms with Gasteiger partial charge in [0.05, 0.1) is 4.90 Å². The normalized spacial score (nSPS) is 17.4. The van der Waals surface area contributed by atoms with Crippen LogP contribution in [0.15, 0.2) is 23.1 Å². The van der Waals surface area contributed by atoms with E-state index >= 15 is 0 Å². The van der Waals surface area contributed by atoms with E-state index in [0.29, 0.717) is 4.90 Å². The average molecular weight is 353 g/mol. The van der Waals surface area contributed by atoms with Gasteiger partial charge in [0.25, 0.3) is 10.0 Å². The van der Waals surface area contributed by atoms with Gasteiger partial charge < -0.3 is 0 Å². The highest BCUT2D eigenvalue weighted by Crippen LogP contribution is 2.37. The number of hydrazine groups is 1. The summed E-state index contributed by atoms with van der Waals surface area (Å²) in [4.78, 5) is 3.14. The first-order valence-electron chi connectivity index (χ1n) is 8.79. The van der Waals surface area contributed by atoms with Crippen LogP contribution in [0.4, 0.5) is 0 Å². The van der Waals surface area contributed by atoms with E-state index in [4.69, 9.17) is 0 Å². The van der Waals surface area contributed by atoms with E-state index in [1.165, 1.54) is 0 Å². The smallest absolute Gasteiger partial charge is 0.230 e. The predicted molar refractivity (Wildman–Crippen MR) is 99.4 cm³/mol. The molecule has 2 rings (SSSR count). The van der Waals surface area contributed by atoms with Crippen LogP contribution in [0, 0.1) is 12.3 Å². The molecule has 0 bridgehead atoms. The van der Waals surface area contributed by atoms with Crippen LogP contribution in [0.1, 0.15) is 65.0 Å². The Morgan fingerprint density at radius 3 is 2.21 bits per heavy atom. The van der Waals surface area contributed by atoms with Gasteiger partial charge in [0.1, 0.15) is 0 Å². The minimum atomic E-state index is -3.52. The van der Waals surface area contributed by atoms with E-state index in [9.17, 15) is 8.42 Å². The average Bonchev–Trinajstić information content (AvgIpc) is 2.87. The fourth-order valence-corrected chi connectivity index (χ4v) is 5.16. The maximum absolute atomic E-state index is 12.8. The minimum absolute atomic E-state index is 0.0795. The summed E-state index contributed by atoms with van der Waals surface area (Å²) in [6.45, 7) is 14.5. The van der Waals surface area contributed by atoms with Gasteiger partial charge >= 0.3 is 0 Å². The topological polar surface area (TPSA) is 49.4 Å². The third-order valence-corrected chi connectivity index (χ3v) is 6.10. The molecule has 0 unspecified atom stereocenters. The number of nitrogens with zero attached hydrogens (tertiary/aromatic N) is 1. The second-order valence-electron chi connectivity index (χ2n) is 8.89.